The smallest absolute Gasteiger partial charge is 0.0924 e. The van der Waals surface area contributed by atoms with Crippen LogP contribution in [0.25, 0.3) is 0 Å². The van der Waals surface area contributed by atoms with Crippen molar-refractivity contribution >= 4 is 27.9 Å². The van der Waals surface area contributed by atoms with Gasteiger partial charge in [-0.1, -0.05) is 15.9 Å². The molecule has 0 aliphatic carbocycles. The Morgan fingerprint density at radius 2 is 2.83 bits per heavy atom. The fraction of sp³-hybridized carbons (Fsp3) is 0.333. The summed E-state index contributed by atoms with van der Waals surface area (Å²) >= 11 is 4.77. The van der Waals surface area contributed by atoms with Gasteiger partial charge in [-0.15, -0.1) is 0 Å². The van der Waals surface area contributed by atoms with E-state index in [4.69, 9.17) is 0 Å². The highest BCUT2D eigenvalue weighted by atomic mass is 79.9. The predicted molar refractivity (Wildman–Crippen MR) is 31.3 cm³/mol. The van der Waals surface area contributed by atoms with Gasteiger partial charge in [0.05, 0.1) is 4.95 Å². The summed E-state index contributed by atoms with van der Waals surface area (Å²) in [4.78, 5) is 0.336. The van der Waals surface area contributed by atoms with Gasteiger partial charge in [-0.3, -0.25) is 0 Å². The van der Waals surface area contributed by atoms with Gasteiger partial charge in [0.25, 0.3) is 0 Å². The summed E-state index contributed by atoms with van der Waals surface area (Å²) in [7, 11) is 0. The summed E-state index contributed by atoms with van der Waals surface area (Å²) in [5.41, 5.74) is 0. The molecule has 1 aliphatic heterocycles. The first kappa shape index (κ1) is 4.68. The van der Waals surface area contributed by atoms with E-state index in [0.717, 1.165) is 0 Å². The monoisotopic (exact) mass is 164 g/mol. The number of hydrogen-bond donors (Lipinski definition) is 1. The minimum Gasteiger partial charge on any atom is -0.243 e. The third kappa shape index (κ3) is 0.996. The van der Waals surface area contributed by atoms with E-state index in [0.29, 0.717) is 4.95 Å². The van der Waals surface area contributed by atoms with E-state index in [-0.39, 0.29) is 0 Å². The van der Waals surface area contributed by atoms with E-state index in [9.17, 15) is 0 Å². The van der Waals surface area contributed by atoms with Crippen LogP contribution >= 0.6 is 27.9 Å². The van der Waals surface area contributed by atoms with Gasteiger partial charge in [-0.25, -0.2) is 4.72 Å². The Labute approximate surface area is 49.4 Å². The van der Waals surface area contributed by atoms with E-state index in [1.165, 1.54) is 11.9 Å². The van der Waals surface area contributed by atoms with Crippen LogP contribution in [-0.2, 0) is 0 Å². The maximum atomic E-state index is 3.29. The lowest BCUT2D eigenvalue weighted by Gasteiger charge is -1.90. The normalized spacial score (nSPS) is 31.8. The number of halogens is 1. The van der Waals surface area contributed by atoms with E-state index in [1.54, 1.807) is 0 Å². The lowest BCUT2D eigenvalue weighted by atomic mass is 10.7. The SMILES string of the molecule is BrC1C=[C]SN1. The number of nitrogens with one attached hydrogen (secondary N) is 1. The highest BCUT2D eigenvalue weighted by Gasteiger charge is 2.00. The molecule has 0 aromatic heterocycles. The number of rotatable bonds is 0. The molecule has 6 heavy (non-hydrogen) atoms. The molecular weight excluding hydrogens is 162 g/mol. The van der Waals surface area contributed by atoms with E-state index >= 15 is 0 Å². The van der Waals surface area contributed by atoms with Gasteiger partial charge in [-0.05, 0) is 18.0 Å². The maximum absolute atomic E-state index is 3.29. The summed E-state index contributed by atoms with van der Waals surface area (Å²) in [5.74, 6) is 0. The average molecular weight is 165 g/mol. The van der Waals surface area contributed by atoms with Crippen LogP contribution in [0.15, 0.2) is 6.08 Å². The molecule has 0 fully saturated rings. The largest absolute Gasteiger partial charge is 0.243 e. The van der Waals surface area contributed by atoms with E-state index in [1.807, 2.05) is 6.08 Å². The summed E-state index contributed by atoms with van der Waals surface area (Å²) in [6.45, 7) is 0. The Balaban J connectivity index is 2.38. The molecular formula is C3H3BrNS. The van der Waals surface area contributed by atoms with Crippen molar-refractivity contribution in [3.8, 4) is 0 Å². The van der Waals surface area contributed by atoms with Crippen molar-refractivity contribution in [3.05, 3.63) is 11.5 Å². The average Bonchev–Trinajstić information content (AvgIpc) is 1.86. The molecule has 0 amide bonds. The van der Waals surface area contributed by atoms with Gasteiger partial charge in [0, 0.05) is 5.41 Å². The standard InChI is InChI=1S/C3H3BrNS/c4-3-1-2-6-5-3/h1,3,5H. The lowest BCUT2D eigenvalue weighted by Crippen LogP contribution is -2.04. The minimum absolute atomic E-state index is 0.336. The highest BCUT2D eigenvalue weighted by Crippen LogP contribution is 2.11. The summed E-state index contributed by atoms with van der Waals surface area (Å²) in [5, 5.41) is 2.91. The van der Waals surface area contributed by atoms with Crippen molar-refractivity contribution in [1.29, 1.82) is 0 Å². The molecule has 1 N–H and O–H groups in total. The summed E-state index contributed by atoms with van der Waals surface area (Å²) in [6.07, 6.45) is 1.92. The third-order valence-corrected chi connectivity index (χ3v) is 1.87. The number of hydrogen-bond acceptors (Lipinski definition) is 2. The van der Waals surface area contributed by atoms with E-state index in [2.05, 4.69) is 26.1 Å². The zero-order chi connectivity index (χ0) is 4.41. The Morgan fingerprint density at radius 3 is 3.00 bits per heavy atom. The molecule has 1 nitrogen and oxygen atoms in total. The van der Waals surface area contributed by atoms with Crippen molar-refractivity contribution in [2.24, 2.45) is 0 Å². The van der Waals surface area contributed by atoms with Gasteiger partial charge in [0.2, 0.25) is 0 Å². The molecule has 33 valence electrons. The first-order chi connectivity index (χ1) is 2.89. The fourth-order valence-electron chi connectivity index (χ4n) is 0.218. The van der Waals surface area contributed by atoms with Crippen LogP contribution in [-0.4, -0.2) is 4.95 Å². The molecule has 1 radical (unpaired) electrons. The maximum Gasteiger partial charge on any atom is 0.0924 e. The Bertz CT molecular complexity index is 73.2. The van der Waals surface area contributed by atoms with Crippen molar-refractivity contribution in [1.82, 2.24) is 4.72 Å². The van der Waals surface area contributed by atoms with Gasteiger partial charge in [-0.2, -0.15) is 0 Å². The molecule has 0 saturated heterocycles. The second kappa shape index (κ2) is 2.00. The fourth-order valence-corrected chi connectivity index (χ4v) is 1.26. The zero-order valence-corrected chi connectivity index (χ0v) is 5.34. The van der Waals surface area contributed by atoms with Crippen LogP contribution in [0.5, 0.6) is 0 Å². The Kier molecular flexibility index (Phi) is 1.56. The molecule has 1 unspecified atom stereocenters. The first-order valence-corrected chi connectivity index (χ1v) is 3.27. The summed E-state index contributed by atoms with van der Waals surface area (Å²) < 4.78 is 2.99. The quantitative estimate of drug-likeness (QED) is 0.329. The third-order valence-electron chi connectivity index (χ3n) is 0.445. The molecule has 1 rings (SSSR count). The first-order valence-electron chi connectivity index (χ1n) is 1.54. The number of alkyl halides is 1. The summed E-state index contributed by atoms with van der Waals surface area (Å²) in [6, 6.07) is 0. The minimum atomic E-state index is 0.336. The van der Waals surface area contributed by atoms with Crippen LogP contribution in [0.3, 0.4) is 0 Å². The zero-order valence-electron chi connectivity index (χ0n) is 2.94. The van der Waals surface area contributed by atoms with Crippen molar-refractivity contribution in [2.45, 2.75) is 4.95 Å². The van der Waals surface area contributed by atoms with Crippen molar-refractivity contribution in [2.75, 3.05) is 0 Å². The van der Waals surface area contributed by atoms with Crippen molar-refractivity contribution < 1.29 is 0 Å². The molecule has 1 heterocycles. The molecule has 0 spiro atoms. The lowest BCUT2D eigenvalue weighted by molar-refractivity contribution is 1.10. The second-order valence-corrected chi connectivity index (χ2v) is 2.57. The molecule has 1 aliphatic rings. The van der Waals surface area contributed by atoms with Gasteiger partial charge < -0.3 is 0 Å². The van der Waals surface area contributed by atoms with Crippen LogP contribution < -0.4 is 4.72 Å². The second-order valence-electron chi connectivity index (χ2n) is 0.906. The van der Waals surface area contributed by atoms with Crippen LogP contribution in [0.2, 0.25) is 0 Å². The molecule has 0 aromatic carbocycles. The topological polar surface area (TPSA) is 12.0 Å². The van der Waals surface area contributed by atoms with Gasteiger partial charge >= 0.3 is 0 Å². The van der Waals surface area contributed by atoms with Gasteiger partial charge in [0.15, 0.2) is 0 Å². The van der Waals surface area contributed by atoms with Gasteiger partial charge in [0.1, 0.15) is 0 Å². The highest BCUT2D eigenvalue weighted by molar-refractivity contribution is 9.09. The van der Waals surface area contributed by atoms with Crippen LogP contribution in [0, 0.1) is 5.41 Å². The molecule has 0 aromatic rings. The van der Waals surface area contributed by atoms with E-state index < -0.39 is 0 Å². The Hall–Kier alpha value is 0.530. The molecule has 3 heteroatoms. The van der Waals surface area contributed by atoms with Crippen LogP contribution in [0.4, 0.5) is 0 Å². The van der Waals surface area contributed by atoms with Crippen molar-refractivity contribution in [3.63, 3.8) is 0 Å². The molecule has 0 saturated carbocycles. The predicted octanol–water partition coefficient (Wildman–Crippen LogP) is 1.28. The Morgan fingerprint density at radius 1 is 2.00 bits per heavy atom. The molecule has 0 bridgehead atoms. The van der Waals surface area contributed by atoms with Crippen LogP contribution in [0.1, 0.15) is 0 Å². The molecule has 1 atom stereocenters.